The van der Waals surface area contributed by atoms with Gasteiger partial charge in [0.1, 0.15) is 5.76 Å². The number of rotatable bonds is 4. The van der Waals surface area contributed by atoms with Gasteiger partial charge in [0.15, 0.2) is 0 Å². The van der Waals surface area contributed by atoms with Gasteiger partial charge in [-0.05, 0) is 61.9 Å². The molecule has 0 radical (unpaired) electrons. The van der Waals surface area contributed by atoms with Crippen molar-refractivity contribution in [2.45, 2.75) is 45.6 Å². The maximum atomic E-state index is 5.49. The molecule has 1 heterocycles. The number of benzene rings is 1. The van der Waals surface area contributed by atoms with Crippen LogP contribution in [0.3, 0.4) is 0 Å². The lowest BCUT2D eigenvalue weighted by molar-refractivity contribution is 0.525. The van der Waals surface area contributed by atoms with Gasteiger partial charge in [0.05, 0.1) is 12.3 Å². The first-order valence-electron chi connectivity index (χ1n) is 7.68. The van der Waals surface area contributed by atoms with E-state index < -0.39 is 0 Å². The number of furan rings is 1. The average Bonchev–Trinajstić information content (AvgIpc) is 2.90. The van der Waals surface area contributed by atoms with Crippen LogP contribution in [0.4, 0.5) is 0 Å². The molecule has 1 atom stereocenters. The SMILES string of the molecule is CCNC(c1coc(C)c1)c1ccc2c(c1)CCCC2. The van der Waals surface area contributed by atoms with Crippen molar-refractivity contribution in [3.63, 3.8) is 0 Å². The fourth-order valence-corrected chi connectivity index (χ4v) is 3.18. The Morgan fingerprint density at radius 3 is 2.60 bits per heavy atom. The van der Waals surface area contributed by atoms with Crippen molar-refractivity contribution in [2.24, 2.45) is 0 Å². The molecule has 2 heteroatoms. The first-order valence-corrected chi connectivity index (χ1v) is 7.68. The molecular formula is C18H23NO. The molecule has 3 rings (SSSR count). The van der Waals surface area contributed by atoms with Gasteiger partial charge in [0.2, 0.25) is 0 Å². The zero-order valence-electron chi connectivity index (χ0n) is 12.4. The first kappa shape index (κ1) is 13.4. The van der Waals surface area contributed by atoms with Gasteiger partial charge in [-0.1, -0.05) is 25.1 Å². The lowest BCUT2D eigenvalue weighted by Gasteiger charge is -2.21. The van der Waals surface area contributed by atoms with E-state index in [4.69, 9.17) is 4.42 Å². The lowest BCUT2D eigenvalue weighted by Crippen LogP contribution is -2.22. The summed E-state index contributed by atoms with van der Waals surface area (Å²) in [5, 5.41) is 3.58. The molecule has 0 aliphatic heterocycles. The second kappa shape index (κ2) is 5.84. The summed E-state index contributed by atoms with van der Waals surface area (Å²) in [5.41, 5.74) is 5.66. The Kier molecular flexibility index (Phi) is 3.93. The molecule has 0 saturated heterocycles. The molecule has 1 aliphatic carbocycles. The largest absolute Gasteiger partial charge is 0.469 e. The highest BCUT2D eigenvalue weighted by atomic mass is 16.3. The maximum Gasteiger partial charge on any atom is 0.101 e. The Labute approximate surface area is 121 Å². The molecule has 1 aromatic heterocycles. The van der Waals surface area contributed by atoms with Crippen LogP contribution in [0.5, 0.6) is 0 Å². The minimum absolute atomic E-state index is 0.240. The van der Waals surface area contributed by atoms with Crippen molar-refractivity contribution in [2.75, 3.05) is 6.54 Å². The zero-order valence-corrected chi connectivity index (χ0v) is 12.4. The summed E-state index contributed by atoms with van der Waals surface area (Å²) in [5.74, 6) is 0.973. The molecule has 2 aromatic rings. The summed E-state index contributed by atoms with van der Waals surface area (Å²) in [4.78, 5) is 0. The summed E-state index contributed by atoms with van der Waals surface area (Å²) in [6.07, 6.45) is 7.01. The molecule has 0 bridgehead atoms. The summed E-state index contributed by atoms with van der Waals surface area (Å²) in [6, 6.07) is 9.36. The molecule has 0 fully saturated rings. The van der Waals surface area contributed by atoms with Crippen LogP contribution in [-0.2, 0) is 12.8 Å². The highest BCUT2D eigenvalue weighted by Gasteiger charge is 2.17. The highest BCUT2D eigenvalue weighted by molar-refractivity contribution is 5.39. The molecule has 0 spiro atoms. The van der Waals surface area contributed by atoms with E-state index in [1.807, 2.05) is 13.2 Å². The van der Waals surface area contributed by atoms with E-state index in [0.717, 1.165) is 12.3 Å². The van der Waals surface area contributed by atoms with Crippen LogP contribution in [0.15, 0.2) is 34.9 Å². The standard InChI is InChI=1S/C18H23NO/c1-3-19-18(17-10-13(2)20-12-17)16-9-8-14-6-4-5-7-15(14)11-16/h8-12,18-19H,3-7H2,1-2H3. The minimum atomic E-state index is 0.240. The Morgan fingerprint density at radius 1 is 1.10 bits per heavy atom. The van der Waals surface area contributed by atoms with Crippen LogP contribution in [0.1, 0.15) is 53.8 Å². The number of aryl methyl sites for hydroxylation is 3. The predicted molar refractivity (Wildman–Crippen MR) is 82.0 cm³/mol. The van der Waals surface area contributed by atoms with Crippen molar-refractivity contribution in [3.05, 3.63) is 58.5 Å². The van der Waals surface area contributed by atoms with Crippen molar-refractivity contribution >= 4 is 0 Å². The van der Waals surface area contributed by atoms with Crippen LogP contribution in [0, 0.1) is 6.92 Å². The quantitative estimate of drug-likeness (QED) is 0.901. The van der Waals surface area contributed by atoms with Gasteiger partial charge in [0, 0.05) is 5.56 Å². The predicted octanol–water partition coefficient (Wildman–Crippen LogP) is 4.17. The molecule has 0 amide bonds. The average molecular weight is 269 g/mol. The van der Waals surface area contributed by atoms with Gasteiger partial charge in [-0.2, -0.15) is 0 Å². The number of fused-ring (bicyclic) bond motifs is 1. The fourth-order valence-electron chi connectivity index (χ4n) is 3.18. The van der Waals surface area contributed by atoms with E-state index >= 15 is 0 Å². The third-order valence-electron chi connectivity index (χ3n) is 4.20. The first-order chi connectivity index (χ1) is 9.78. The topological polar surface area (TPSA) is 25.2 Å². The Morgan fingerprint density at radius 2 is 1.90 bits per heavy atom. The summed E-state index contributed by atoms with van der Waals surface area (Å²) < 4.78 is 5.49. The normalized spacial score (nSPS) is 15.9. The molecule has 1 aliphatic rings. The van der Waals surface area contributed by atoms with Gasteiger partial charge in [-0.15, -0.1) is 0 Å². The second-order valence-corrected chi connectivity index (χ2v) is 5.72. The molecular weight excluding hydrogens is 246 g/mol. The van der Waals surface area contributed by atoms with E-state index in [1.165, 1.54) is 42.4 Å². The molecule has 2 nitrogen and oxygen atoms in total. The van der Waals surface area contributed by atoms with Crippen LogP contribution in [-0.4, -0.2) is 6.54 Å². The van der Waals surface area contributed by atoms with Gasteiger partial charge >= 0.3 is 0 Å². The smallest absolute Gasteiger partial charge is 0.101 e. The maximum absolute atomic E-state index is 5.49. The Bertz CT molecular complexity index is 585. The third-order valence-corrected chi connectivity index (χ3v) is 4.20. The molecule has 20 heavy (non-hydrogen) atoms. The summed E-state index contributed by atoms with van der Waals surface area (Å²) in [7, 11) is 0. The van der Waals surface area contributed by atoms with Crippen molar-refractivity contribution in [3.8, 4) is 0 Å². The lowest BCUT2D eigenvalue weighted by atomic mass is 9.88. The number of hydrogen-bond donors (Lipinski definition) is 1. The molecule has 1 N–H and O–H groups in total. The fraction of sp³-hybridized carbons (Fsp3) is 0.444. The molecule has 106 valence electrons. The number of nitrogens with one attached hydrogen (secondary N) is 1. The van der Waals surface area contributed by atoms with Crippen LogP contribution >= 0.6 is 0 Å². The van der Waals surface area contributed by atoms with Gasteiger partial charge in [-0.25, -0.2) is 0 Å². The van der Waals surface area contributed by atoms with Crippen molar-refractivity contribution in [1.29, 1.82) is 0 Å². The van der Waals surface area contributed by atoms with Crippen molar-refractivity contribution < 1.29 is 4.42 Å². The molecule has 0 saturated carbocycles. The Hall–Kier alpha value is -1.54. The zero-order chi connectivity index (χ0) is 13.9. The molecule has 1 aromatic carbocycles. The van der Waals surface area contributed by atoms with Gasteiger partial charge in [-0.3, -0.25) is 0 Å². The highest BCUT2D eigenvalue weighted by Crippen LogP contribution is 2.28. The third kappa shape index (κ3) is 2.66. The van der Waals surface area contributed by atoms with Crippen LogP contribution in [0.2, 0.25) is 0 Å². The van der Waals surface area contributed by atoms with Gasteiger partial charge < -0.3 is 9.73 Å². The Balaban J connectivity index is 1.95. The second-order valence-electron chi connectivity index (χ2n) is 5.72. The van der Waals surface area contributed by atoms with E-state index in [0.29, 0.717) is 0 Å². The van der Waals surface area contributed by atoms with E-state index in [1.54, 1.807) is 5.56 Å². The van der Waals surface area contributed by atoms with Crippen molar-refractivity contribution in [1.82, 2.24) is 5.32 Å². The number of hydrogen-bond acceptors (Lipinski definition) is 2. The van der Waals surface area contributed by atoms with E-state index in [9.17, 15) is 0 Å². The monoisotopic (exact) mass is 269 g/mol. The van der Waals surface area contributed by atoms with Crippen LogP contribution in [0.25, 0.3) is 0 Å². The summed E-state index contributed by atoms with van der Waals surface area (Å²) in [6.45, 7) is 5.10. The van der Waals surface area contributed by atoms with E-state index in [-0.39, 0.29) is 6.04 Å². The van der Waals surface area contributed by atoms with E-state index in [2.05, 4.69) is 36.5 Å². The van der Waals surface area contributed by atoms with Crippen LogP contribution < -0.4 is 5.32 Å². The van der Waals surface area contributed by atoms with Gasteiger partial charge in [0.25, 0.3) is 0 Å². The minimum Gasteiger partial charge on any atom is -0.469 e. The molecule has 1 unspecified atom stereocenters. The summed E-state index contributed by atoms with van der Waals surface area (Å²) >= 11 is 0.